The lowest BCUT2D eigenvalue weighted by Gasteiger charge is -2.19. The third-order valence-electron chi connectivity index (χ3n) is 3.74. The number of nitrogens with one attached hydrogen (secondary N) is 1. The third-order valence-corrected chi connectivity index (χ3v) is 3.74. The van der Waals surface area contributed by atoms with Gasteiger partial charge in [-0.05, 0) is 31.0 Å². The number of nitrogens with zero attached hydrogens (tertiary/aromatic N) is 1. The molecule has 0 unspecified atom stereocenters. The zero-order chi connectivity index (χ0) is 13.5. The van der Waals surface area contributed by atoms with Crippen LogP contribution in [0.25, 0.3) is 0 Å². The first kappa shape index (κ1) is 13.6. The van der Waals surface area contributed by atoms with E-state index in [1.54, 1.807) is 18.2 Å². The molecule has 0 bridgehead atoms. The molecule has 1 aromatic rings. The van der Waals surface area contributed by atoms with E-state index in [9.17, 15) is 4.79 Å². The van der Waals surface area contributed by atoms with Crippen LogP contribution in [0, 0.1) is 17.2 Å². The van der Waals surface area contributed by atoms with Crippen molar-refractivity contribution in [1.29, 1.82) is 5.26 Å². The van der Waals surface area contributed by atoms with Gasteiger partial charge >= 0.3 is 0 Å². The van der Waals surface area contributed by atoms with Crippen LogP contribution < -0.4 is 5.32 Å². The summed E-state index contributed by atoms with van der Waals surface area (Å²) in [6, 6.07) is 9.18. The van der Waals surface area contributed by atoms with Crippen LogP contribution in [0.2, 0.25) is 0 Å². The van der Waals surface area contributed by atoms with Crippen molar-refractivity contribution in [2.24, 2.45) is 5.92 Å². The van der Waals surface area contributed by atoms with E-state index in [0.717, 1.165) is 31.4 Å². The summed E-state index contributed by atoms with van der Waals surface area (Å²) in [5.74, 6) is 0.239. The lowest BCUT2D eigenvalue weighted by Crippen LogP contribution is -2.23. The minimum atomic E-state index is 0.108. The van der Waals surface area contributed by atoms with E-state index >= 15 is 0 Å². The molecule has 0 atom stereocenters. The number of anilines is 1. The molecule has 1 aromatic carbocycles. The fourth-order valence-corrected chi connectivity index (χ4v) is 2.63. The van der Waals surface area contributed by atoms with Gasteiger partial charge in [0.1, 0.15) is 0 Å². The van der Waals surface area contributed by atoms with Crippen LogP contribution in [0.4, 0.5) is 5.69 Å². The first-order valence-electron chi connectivity index (χ1n) is 7.10. The summed E-state index contributed by atoms with van der Waals surface area (Å²) in [6.07, 6.45) is 8.07. The van der Waals surface area contributed by atoms with Crippen molar-refractivity contribution >= 4 is 11.6 Å². The highest BCUT2D eigenvalue weighted by molar-refractivity contribution is 5.92. The number of carbonyl (C=O) groups excluding carboxylic acids is 1. The molecule has 0 aromatic heterocycles. The lowest BCUT2D eigenvalue weighted by atomic mass is 9.90. The predicted molar refractivity (Wildman–Crippen MR) is 75.6 cm³/mol. The Bertz CT molecular complexity index is 468. The largest absolute Gasteiger partial charge is 0.326 e. The van der Waals surface area contributed by atoms with Gasteiger partial charge in [0.15, 0.2) is 0 Å². The summed E-state index contributed by atoms with van der Waals surface area (Å²) in [4.78, 5) is 12.2. The van der Waals surface area contributed by atoms with Crippen molar-refractivity contribution in [2.45, 2.75) is 44.9 Å². The van der Waals surface area contributed by atoms with E-state index in [0.29, 0.717) is 5.56 Å². The van der Waals surface area contributed by atoms with Crippen molar-refractivity contribution in [3.63, 3.8) is 0 Å². The number of benzene rings is 1. The number of amides is 1. The van der Waals surface area contributed by atoms with Gasteiger partial charge in [0.2, 0.25) is 5.91 Å². The Labute approximate surface area is 114 Å². The Morgan fingerprint density at radius 2 is 1.84 bits per heavy atom. The molecule has 19 heavy (non-hydrogen) atoms. The molecule has 3 nitrogen and oxygen atoms in total. The van der Waals surface area contributed by atoms with E-state index in [-0.39, 0.29) is 11.8 Å². The molecular weight excluding hydrogens is 236 g/mol. The molecule has 0 radical (unpaired) electrons. The zero-order valence-electron chi connectivity index (χ0n) is 11.2. The van der Waals surface area contributed by atoms with Crippen LogP contribution in [-0.4, -0.2) is 5.91 Å². The second kappa shape index (κ2) is 6.94. The van der Waals surface area contributed by atoms with Gasteiger partial charge in [0.25, 0.3) is 0 Å². The maximum absolute atomic E-state index is 12.2. The van der Waals surface area contributed by atoms with E-state index in [1.165, 1.54) is 19.3 Å². The van der Waals surface area contributed by atoms with Crippen LogP contribution in [-0.2, 0) is 4.79 Å². The average Bonchev–Trinajstić information content (AvgIpc) is 2.38. The first-order valence-corrected chi connectivity index (χ1v) is 7.10. The Morgan fingerprint density at radius 3 is 2.53 bits per heavy atom. The summed E-state index contributed by atoms with van der Waals surface area (Å²) in [7, 11) is 0. The fraction of sp³-hybridized carbons (Fsp3) is 0.500. The SMILES string of the molecule is N#Cc1cccc(NC(=O)C2CCCCCCC2)c1. The van der Waals surface area contributed by atoms with Crippen molar-refractivity contribution in [1.82, 2.24) is 0 Å². The number of nitriles is 1. The minimum Gasteiger partial charge on any atom is -0.326 e. The molecule has 1 N–H and O–H groups in total. The highest BCUT2D eigenvalue weighted by Crippen LogP contribution is 2.23. The third kappa shape index (κ3) is 4.10. The molecule has 1 aliphatic rings. The van der Waals surface area contributed by atoms with Crippen LogP contribution in [0.15, 0.2) is 24.3 Å². The van der Waals surface area contributed by atoms with Gasteiger partial charge in [-0.1, -0.05) is 38.2 Å². The normalized spacial score (nSPS) is 17.0. The highest BCUT2D eigenvalue weighted by Gasteiger charge is 2.19. The Morgan fingerprint density at radius 1 is 1.16 bits per heavy atom. The Kier molecular flexibility index (Phi) is 4.97. The van der Waals surface area contributed by atoms with E-state index in [4.69, 9.17) is 5.26 Å². The second-order valence-corrected chi connectivity index (χ2v) is 5.22. The first-order chi connectivity index (χ1) is 9.29. The monoisotopic (exact) mass is 256 g/mol. The fourth-order valence-electron chi connectivity index (χ4n) is 2.63. The number of hydrogen-bond donors (Lipinski definition) is 1. The molecule has 0 spiro atoms. The van der Waals surface area contributed by atoms with Gasteiger partial charge in [-0.2, -0.15) is 5.26 Å². The van der Waals surface area contributed by atoms with Crippen LogP contribution in [0.5, 0.6) is 0 Å². The molecule has 0 saturated heterocycles. The highest BCUT2D eigenvalue weighted by atomic mass is 16.1. The van der Waals surface area contributed by atoms with Crippen molar-refractivity contribution in [3.05, 3.63) is 29.8 Å². The van der Waals surface area contributed by atoms with Crippen molar-refractivity contribution in [3.8, 4) is 6.07 Å². The van der Waals surface area contributed by atoms with E-state index in [1.807, 2.05) is 6.07 Å². The zero-order valence-corrected chi connectivity index (χ0v) is 11.2. The molecule has 1 amide bonds. The van der Waals surface area contributed by atoms with E-state index in [2.05, 4.69) is 11.4 Å². The molecule has 0 heterocycles. The molecule has 1 saturated carbocycles. The van der Waals surface area contributed by atoms with Gasteiger partial charge in [-0.25, -0.2) is 0 Å². The summed E-state index contributed by atoms with van der Waals surface area (Å²) in [5.41, 5.74) is 1.31. The smallest absolute Gasteiger partial charge is 0.227 e. The van der Waals surface area contributed by atoms with Crippen molar-refractivity contribution < 1.29 is 4.79 Å². The quantitative estimate of drug-likeness (QED) is 0.873. The van der Waals surface area contributed by atoms with E-state index < -0.39 is 0 Å². The molecular formula is C16H20N2O. The summed E-state index contributed by atoms with van der Waals surface area (Å²) in [6.45, 7) is 0. The van der Waals surface area contributed by atoms with Crippen LogP contribution >= 0.6 is 0 Å². The molecule has 0 aliphatic heterocycles. The summed E-state index contributed by atoms with van der Waals surface area (Å²) >= 11 is 0. The predicted octanol–water partition coefficient (Wildman–Crippen LogP) is 3.86. The summed E-state index contributed by atoms with van der Waals surface area (Å²) < 4.78 is 0. The van der Waals surface area contributed by atoms with Crippen LogP contribution in [0.1, 0.15) is 50.5 Å². The Balaban J connectivity index is 1.97. The standard InChI is InChI=1S/C16H20N2O/c17-12-13-7-6-10-15(11-13)18-16(19)14-8-4-2-1-3-5-9-14/h6-7,10-11,14H,1-5,8-9H2,(H,18,19). The van der Waals surface area contributed by atoms with Gasteiger partial charge in [0, 0.05) is 11.6 Å². The lowest BCUT2D eigenvalue weighted by molar-refractivity contribution is -0.120. The molecule has 1 aliphatic carbocycles. The maximum Gasteiger partial charge on any atom is 0.227 e. The number of rotatable bonds is 2. The topological polar surface area (TPSA) is 52.9 Å². The van der Waals surface area contributed by atoms with Gasteiger partial charge in [-0.3, -0.25) is 4.79 Å². The summed E-state index contributed by atoms with van der Waals surface area (Å²) in [5, 5.41) is 11.8. The van der Waals surface area contributed by atoms with Gasteiger partial charge in [0.05, 0.1) is 11.6 Å². The minimum absolute atomic E-state index is 0.108. The number of carbonyl (C=O) groups is 1. The molecule has 1 fully saturated rings. The van der Waals surface area contributed by atoms with Crippen molar-refractivity contribution in [2.75, 3.05) is 5.32 Å². The maximum atomic E-state index is 12.2. The van der Waals surface area contributed by atoms with Crippen LogP contribution in [0.3, 0.4) is 0 Å². The Hall–Kier alpha value is -1.82. The van der Waals surface area contributed by atoms with Gasteiger partial charge < -0.3 is 5.32 Å². The number of hydrogen-bond acceptors (Lipinski definition) is 2. The molecule has 100 valence electrons. The average molecular weight is 256 g/mol. The van der Waals surface area contributed by atoms with Gasteiger partial charge in [-0.15, -0.1) is 0 Å². The second-order valence-electron chi connectivity index (χ2n) is 5.22. The molecule has 3 heteroatoms. The molecule has 2 rings (SSSR count).